The van der Waals surface area contributed by atoms with Crippen molar-refractivity contribution in [2.75, 3.05) is 6.54 Å². The summed E-state index contributed by atoms with van der Waals surface area (Å²) in [5.74, 6) is 0.978. The van der Waals surface area contributed by atoms with Crippen LogP contribution in [0.15, 0.2) is 11.4 Å². The lowest BCUT2D eigenvalue weighted by Gasteiger charge is -2.17. The molecule has 0 aromatic carbocycles. The van der Waals surface area contributed by atoms with E-state index in [-0.39, 0.29) is 0 Å². The highest BCUT2D eigenvalue weighted by atomic mass is 32.1. The van der Waals surface area contributed by atoms with E-state index in [2.05, 4.69) is 30.6 Å². The molecule has 0 bridgehead atoms. The molecule has 1 saturated carbocycles. The molecule has 1 aliphatic carbocycles. The van der Waals surface area contributed by atoms with Gasteiger partial charge in [-0.15, -0.1) is 11.3 Å². The summed E-state index contributed by atoms with van der Waals surface area (Å²) in [5, 5.41) is 6.03. The summed E-state index contributed by atoms with van der Waals surface area (Å²) in [6, 6.07) is 3.12. The SMILES string of the molecule is CCCNC(CCc1csc(C)c1)C1CC1. The zero-order valence-corrected chi connectivity index (χ0v) is 11.3. The summed E-state index contributed by atoms with van der Waals surface area (Å²) in [6.07, 6.45) is 6.72. The van der Waals surface area contributed by atoms with E-state index in [0.29, 0.717) is 0 Å². The fourth-order valence-electron chi connectivity index (χ4n) is 2.28. The third-order valence-electron chi connectivity index (χ3n) is 3.38. The van der Waals surface area contributed by atoms with E-state index in [1.807, 2.05) is 11.3 Å². The van der Waals surface area contributed by atoms with Crippen molar-refractivity contribution >= 4 is 11.3 Å². The predicted molar refractivity (Wildman–Crippen MR) is 72.2 cm³/mol. The van der Waals surface area contributed by atoms with Crippen molar-refractivity contribution in [1.29, 1.82) is 0 Å². The molecule has 2 rings (SSSR count). The summed E-state index contributed by atoms with van der Waals surface area (Å²) in [4.78, 5) is 1.44. The number of rotatable bonds is 7. The monoisotopic (exact) mass is 237 g/mol. The molecule has 1 nitrogen and oxygen atoms in total. The first-order valence-electron chi connectivity index (χ1n) is 6.57. The summed E-state index contributed by atoms with van der Waals surface area (Å²) in [6.45, 7) is 5.63. The van der Waals surface area contributed by atoms with Crippen LogP contribution in [0, 0.1) is 12.8 Å². The van der Waals surface area contributed by atoms with Gasteiger partial charge in [-0.1, -0.05) is 6.92 Å². The van der Waals surface area contributed by atoms with Gasteiger partial charge in [0.05, 0.1) is 0 Å². The Morgan fingerprint density at radius 2 is 2.31 bits per heavy atom. The van der Waals surface area contributed by atoms with Crippen molar-refractivity contribution in [3.05, 3.63) is 21.9 Å². The average molecular weight is 237 g/mol. The summed E-state index contributed by atoms with van der Waals surface area (Å²) in [5.41, 5.74) is 1.53. The minimum atomic E-state index is 0.778. The van der Waals surface area contributed by atoms with Crippen LogP contribution in [-0.4, -0.2) is 12.6 Å². The Morgan fingerprint density at radius 3 is 2.88 bits per heavy atom. The van der Waals surface area contributed by atoms with Gasteiger partial charge in [0.1, 0.15) is 0 Å². The van der Waals surface area contributed by atoms with Gasteiger partial charge in [0.25, 0.3) is 0 Å². The number of thiophene rings is 1. The second-order valence-electron chi connectivity index (χ2n) is 5.00. The molecule has 1 heterocycles. The Bertz CT molecular complexity index is 314. The number of nitrogens with one attached hydrogen (secondary N) is 1. The third kappa shape index (κ3) is 3.60. The van der Waals surface area contributed by atoms with Crippen molar-refractivity contribution in [1.82, 2.24) is 5.32 Å². The lowest BCUT2D eigenvalue weighted by molar-refractivity contribution is 0.436. The van der Waals surface area contributed by atoms with Crippen molar-refractivity contribution in [2.24, 2.45) is 5.92 Å². The molecule has 0 spiro atoms. The Morgan fingerprint density at radius 1 is 1.50 bits per heavy atom. The first-order chi connectivity index (χ1) is 7.79. The number of hydrogen-bond acceptors (Lipinski definition) is 2. The second-order valence-corrected chi connectivity index (χ2v) is 6.12. The van der Waals surface area contributed by atoms with Crippen molar-refractivity contribution in [3.63, 3.8) is 0 Å². The van der Waals surface area contributed by atoms with E-state index < -0.39 is 0 Å². The van der Waals surface area contributed by atoms with E-state index in [1.54, 1.807) is 0 Å². The molecule has 1 aromatic heterocycles. The molecule has 0 aliphatic heterocycles. The van der Waals surface area contributed by atoms with Crippen molar-refractivity contribution in [3.8, 4) is 0 Å². The molecule has 1 aromatic rings. The van der Waals surface area contributed by atoms with Crippen LogP contribution in [0.3, 0.4) is 0 Å². The van der Waals surface area contributed by atoms with Gasteiger partial charge in [0, 0.05) is 10.9 Å². The fraction of sp³-hybridized carbons (Fsp3) is 0.714. The van der Waals surface area contributed by atoms with Crippen LogP contribution < -0.4 is 5.32 Å². The quantitative estimate of drug-likeness (QED) is 0.761. The highest BCUT2D eigenvalue weighted by Gasteiger charge is 2.30. The van der Waals surface area contributed by atoms with Gasteiger partial charge < -0.3 is 5.32 Å². The molecule has 2 heteroatoms. The first-order valence-corrected chi connectivity index (χ1v) is 7.45. The van der Waals surface area contributed by atoms with Gasteiger partial charge in [-0.3, -0.25) is 0 Å². The van der Waals surface area contributed by atoms with Gasteiger partial charge in [-0.05, 0) is 68.5 Å². The smallest absolute Gasteiger partial charge is 0.00984 e. The van der Waals surface area contributed by atoms with Crippen LogP contribution in [0.1, 0.15) is 43.0 Å². The molecule has 1 N–H and O–H groups in total. The molecule has 0 radical (unpaired) electrons. The lowest BCUT2D eigenvalue weighted by atomic mass is 10.0. The minimum Gasteiger partial charge on any atom is -0.314 e. The first kappa shape index (κ1) is 12.1. The molecule has 1 unspecified atom stereocenters. The van der Waals surface area contributed by atoms with Crippen molar-refractivity contribution < 1.29 is 0 Å². The maximum Gasteiger partial charge on any atom is 0.00984 e. The zero-order valence-electron chi connectivity index (χ0n) is 10.5. The van der Waals surface area contributed by atoms with Gasteiger partial charge in [0.15, 0.2) is 0 Å². The minimum absolute atomic E-state index is 0.778. The van der Waals surface area contributed by atoms with Crippen molar-refractivity contribution in [2.45, 2.75) is 52.0 Å². The van der Waals surface area contributed by atoms with Crippen LogP contribution in [0.5, 0.6) is 0 Å². The Hall–Kier alpha value is -0.340. The van der Waals surface area contributed by atoms with E-state index in [0.717, 1.165) is 12.0 Å². The second kappa shape index (κ2) is 5.83. The van der Waals surface area contributed by atoms with E-state index >= 15 is 0 Å². The largest absolute Gasteiger partial charge is 0.314 e. The van der Waals surface area contributed by atoms with Crippen LogP contribution in [0.4, 0.5) is 0 Å². The Kier molecular flexibility index (Phi) is 4.42. The maximum absolute atomic E-state index is 3.71. The highest BCUT2D eigenvalue weighted by Crippen LogP contribution is 2.34. The summed E-state index contributed by atoms with van der Waals surface area (Å²) in [7, 11) is 0. The third-order valence-corrected chi connectivity index (χ3v) is 4.29. The standard InChI is InChI=1S/C14H23NS/c1-3-8-15-14(13-5-6-13)7-4-12-9-11(2)16-10-12/h9-10,13-15H,3-8H2,1-2H3. The number of hydrogen-bond donors (Lipinski definition) is 1. The summed E-state index contributed by atoms with van der Waals surface area (Å²) < 4.78 is 0. The molecule has 90 valence electrons. The molecule has 0 amide bonds. The van der Waals surface area contributed by atoms with E-state index in [1.165, 1.54) is 49.1 Å². The maximum atomic E-state index is 3.71. The van der Waals surface area contributed by atoms with E-state index in [4.69, 9.17) is 0 Å². The lowest BCUT2D eigenvalue weighted by Crippen LogP contribution is -2.32. The van der Waals surface area contributed by atoms with Crippen LogP contribution in [0.2, 0.25) is 0 Å². The molecular weight excluding hydrogens is 214 g/mol. The normalized spacial score (nSPS) is 17.6. The highest BCUT2D eigenvalue weighted by molar-refractivity contribution is 7.10. The van der Waals surface area contributed by atoms with Gasteiger partial charge in [-0.25, -0.2) is 0 Å². The fourth-order valence-corrected chi connectivity index (χ4v) is 3.03. The molecular formula is C14H23NS. The van der Waals surface area contributed by atoms with Gasteiger partial charge >= 0.3 is 0 Å². The van der Waals surface area contributed by atoms with E-state index in [9.17, 15) is 0 Å². The molecule has 1 fully saturated rings. The van der Waals surface area contributed by atoms with Crippen LogP contribution in [-0.2, 0) is 6.42 Å². The van der Waals surface area contributed by atoms with Gasteiger partial charge in [-0.2, -0.15) is 0 Å². The van der Waals surface area contributed by atoms with Crippen LogP contribution in [0.25, 0.3) is 0 Å². The number of aryl methyl sites for hydroxylation is 2. The van der Waals surface area contributed by atoms with Gasteiger partial charge in [0.2, 0.25) is 0 Å². The predicted octanol–water partition coefficient (Wildman–Crippen LogP) is 3.77. The summed E-state index contributed by atoms with van der Waals surface area (Å²) >= 11 is 1.88. The molecule has 0 saturated heterocycles. The molecule has 1 atom stereocenters. The average Bonchev–Trinajstić information content (AvgIpc) is 3.03. The molecule has 1 aliphatic rings. The zero-order chi connectivity index (χ0) is 11.4. The molecule has 16 heavy (non-hydrogen) atoms. The topological polar surface area (TPSA) is 12.0 Å². The van der Waals surface area contributed by atoms with Crippen LogP contribution >= 0.6 is 11.3 Å². The Labute approximate surface area is 103 Å². The Balaban J connectivity index is 1.77.